The van der Waals surface area contributed by atoms with Crippen molar-refractivity contribution in [3.05, 3.63) is 35.2 Å². The molecule has 3 rings (SSSR count). The lowest BCUT2D eigenvalue weighted by atomic mass is 10.1. The molecule has 1 aliphatic rings. The molecule has 3 heterocycles. The van der Waals surface area contributed by atoms with Crippen LogP contribution >= 0.6 is 0 Å². The monoisotopic (exact) mass is 287 g/mol. The second-order valence-electron chi connectivity index (χ2n) is 6.38. The van der Waals surface area contributed by atoms with E-state index in [0.717, 1.165) is 39.0 Å². The fraction of sp³-hybridized carbons (Fsp3) is 0.625. The summed E-state index contributed by atoms with van der Waals surface area (Å²) < 4.78 is 4.47. The summed E-state index contributed by atoms with van der Waals surface area (Å²) in [5, 5.41) is 7.81. The lowest BCUT2D eigenvalue weighted by molar-refractivity contribution is 0.488. The molecule has 0 saturated heterocycles. The van der Waals surface area contributed by atoms with Crippen molar-refractivity contribution in [1.29, 1.82) is 0 Å². The molecule has 0 bridgehead atoms. The van der Waals surface area contributed by atoms with Crippen molar-refractivity contribution in [2.75, 3.05) is 6.54 Å². The number of fused-ring (bicyclic) bond motifs is 1. The van der Waals surface area contributed by atoms with E-state index in [4.69, 9.17) is 4.98 Å². The third kappa shape index (κ3) is 3.18. The SMILES string of the molecule is Cc1cnn(CCn2c(CC(C)C)nc3c2CCNC3)c1. The van der Waals surface area contributed by atoms with Gasteiger partial charge in [0.05, 0.1) is 18.4 Å². The zero-order valence-electron chi connectivity index (χ0n) is 13.3. The number of nitrogens with zero attached hydrogens (tertiary/aromatic N) is 4. The maximum absolute atomic E-state index is 4.88. The highest BCUT2D eigenvalue weighted by atomic mass is 15.3. The summed E-state index contributed by atoms with van der Waals surface area (Å²) in [4.78, 5) is 4.88. The summed E-state index contributed by atoms with van der Waals surface area (Å²) in [5.74, 6) is 1.87. The van der Waals surface area contributed by atoms with Gasteiger partial charge in [-0.1, -0.05) is 13.8 Å². The second-order valence-corrected chi connectivity index (χ2v) is 6.38. The van der Waals surface area contributed by atoms with E-state index in [-0.39, 0.29) is 0 Å². The number of aromatic nitrogens is 4. The maximum Gasteiger partial charge on any atom is 0.109 e. The number of aryl methyl sites for hydroxylation is 2. The molecular weight excluding hydrogens is 262 g/mol. The Morgan fingerprint density at radius 1 is 1.33 bits per heavy atom. The van der Waals surface area contributed by atoms with Crippen LogP contribution in [0.5, 0.6) is 0 Å². The predicted molar refractivity (Wildman–Crippen MR) is 83.1 cm³/mol. The molecule has 5 heteroatoms. The second kappa shape index (κ2) is 6.02. The minimum absolute atomic E-state index is 0.632. The van der Waals surface area contributed by atoms with Crippen molar-refractivity contribution in [3.63, 3.8) is 0 Å². The number of hydrogen-bond acceptors (Lipinski definition) is 3. The Hall–Kier alpha value is -1.62. The van der Waals surface area contributed by atoms with E-state index in [1.165, 1.54) is 22.8 Å². The molecule has 0 fully saturated rings. The third-order valence-corrected chi connectivity index (χ3v) is 3.97. The van der Waals surface area contributed by atoms with Gasteiger partial charge in [-0.25, -0.2) is 4.98 Å². The minimum atomic E-state index is 0.632. The molecule has 0 amide bonds. The average Bonchev–Trinajstić information content (AvgIpc) is 2.99. The van der Waals surface area contributed by atoms with Crippen LogP contribution in [0.2, 0.25) is 0 Å². The Morgan fingerprint density at radius 2 is 2.19 bits per heavy atom. The zero-order chi connectivity index (χ0) is 14.8. The molecule has 2 aromatic heterocycles. The van der Waals surface area contributed by atoms with Crippen molar-refractivity contribution < 1.29 is 0 Å². The molecule has 0 unspecified atom stereocenters. The van der Waals surface area contributed by atoms with E-state index in [0.29, 0.717) is 5.92 Å². The number of nitrogens with one attached hydrogen (secondary N) is 1. The van der Waals surface area contributed by atoms with Crippen LogP contribution in [0.25, 0.3) is 0 Å². The van der Waals surface area contributed by atoms with Crippen LogP contribution in [0.4, 0.5) is 0 Å². The maximum atomic E-state index is 4.88. The van der Waals surface area contributed by atoms with Crippen LogP contribution in [-0.4, -0.2) is 25.9 Å². The van der Waals surface area contributed by atoms with E-state index in [9.17, 15) is 0 Å². The number of imidazole rings is 1. The molecule has 5 nitrogen and oxygen atoms in total. The molecular formula is C16H25N5. The van der Waals surface area contributed by atoms with Gasteiger partial charge in [-0.2, -0.15) is 5.10 Å². The summed E-state index contributed by atoms with van der Waals surface area (Å²) in [5.41, 5.74) is 3.89. The summed E-state index contributed by atoms with van der Waals surface area (Å²) >= 11 is 0. The summed E-state index contributed by atoms with van der Waals surface area (Å²) in [6.45, 7) is 10.4. The van der Waals surface area contributed by atoms with Crippen LogP contribution in [0.15, 0.2) is 12.4 Å². The Labute approximate surface area is 126 Å². The summed E-state index contributed by atoms with van der Waals surface area (Å²) in [6.07, 6.45) is 6.15. The third-order valence-electron chi connectivity index (χ3n) is 3.97. The fourth-order valence-corrected chi connectivity index (χ4v) is 3.00. The van der Waals surface area contributed by atoms with E-state index in [2.05, 4.69) is 42.0 Å². The Morgan fingerprint density at radius 3 is 2.90 bits per heavy atom. The lowest BCUT2D eigenvalue weighted by Crippen LogP contribution is -2.25. The molecule has 1 aliphatic heterocycles. The standard InChI is InChI=1S/C16H25N5/c1-12(2)8-16-19-14-10-17-5-4-15(14)21(16)7-6-20-11-13(3)9-18-20/h9,11-12,17H,4-8,10H2,1-3H3. The van der Waals surface area contributed by atoms with E-state index in [1.54, 1.807) is 0 Å². The molecule has 0 radical (unpaired) electrons. The van der Waals surface area contributed by atoms with Gasteiger partial charge in [0, 0.05) is 44.4 Å². The van der Waals surface area contributed by atoms with Gasteiger partial charge in [0.1, 0.15) is 5.82 Å². The quantitative estimate of drug-likeness (QED) is 0.914. The highest BCUT2D eigenvalue weighted by molar-refractivity contribution is 5.20. The summed E-state index contributed by atoms with van der Waals surface area (Å²) in [6, 6.07) is 0. The van der Waals surface area contributed by atoms with Crippen molar-refractivity contribution >= 4 is 0 Å². The highest BCUT2D eigenvalue weighted by Crippen LogP contribution is 2.18. The molecule has 21 heavy (non-hydrogen) atoms. The summed E-state index contributed by atoms with van der Waals surface area (Å²) in [7, 11) is 0. The van der Waals surface area contributed by atoms with Crippen LogP contribution in [-0.2, 0) is 32.5 Å². The molecule has 0 aliphatic carbocycles. The minimum Gasteiger partial charge on any atom is -0.330 e. The van der Waals surface area contributed by atoms with Crippen LogP contribution in [0, 0.1) is 12.8 Å². The van der Waals surface area contributed by atoms with Gasteiger partial charge in [-0.3, -0.25) is 4.68 Å². The van der Waals surface area contributed by atoms with Gasteiger partial charge in [0.25, 0.3) is 0 Å². The highest BCUT2D eigenvalue weighted by Gasteiger charge is 2.20. The molecule has 114 valence electrons. The van der Waals surface area contributed by atoms with E-state index >= 15 is 0 Å². The molecule has 2 aromatic rings. The molecule has 0 saturated carbocycles. The zero-order valence-corrected chi connectivity index (χ0v) is 13.3. The van der Waals surface area contributed by atoms with Crippen molar-refractivity contribution in [2.45, 2.75) is 53.2 Å². The average molecular weight is 287 g/mol. The van der Waals surface area contributed by atoms with Gasteiger partial charge < -0.3 is 9.88 Å². The Bertz CT molecular complexity index is 608. The Kier molecular flexibility index (Phi) is 4.10. The van der Waals surface area contributed by atoms with Crippen LogP contribution in [0.3, 0.4) is 0 Å². The lowest BCUT2D eigenvalue weighted by Gasteiger charge is -2.16. The first kappa shape index (κ1) is 14.3. The first-order chi connectivity index (χ1) is 10.1. The van der Waals surface area contributed by atoms with E-state index in [1.807, 2.05) is 10.9 Å². The number of hydrogen-bond donors (Lipinski definition) is 1. The molecule has 1 N–H and O–H groups in total. The van der Waals surface area contributed by atoms with Crippen LogP contribution < -0.4 is 5.32 Å². The van der Waals surface area contributed by atoms with Gasteiger partial charge in [0.2, 0.25) is 0 Å². The first-order valence-electron chi connectivity index (χ1n) is 7.90. The molecule has 0 atom stereocenters. The molecule has 0 aromatic carbocycles. The normalized spacial score (nSPS) is 14.7. The molecule has 0 spiro atoms. The van der Waals surface area contributed by atoms with Gasteiger partial charge >= 0.3 is 0 Å². The van der Waals surface area contributed by atoms with Crippen molar-refractivity contribution in [1.82, 2.24) is 24.6 Å². The van der Waals surface area contributed by atoms with Gasteiger partial charge in [-0.15, -0.1) is 0 Å². The predicted octanol–water partition coefficient (Wildman–Crippen LogP) is 1.93. The van der Waals surface area contributed by atoms with Crippen molar-refractivity contribution in [3.8, 4) is 0 Å². The van der Waals surface area contributed by atoms with Crippen molar-refractivity contribution in [2.24, 2.45) is 5.92 Å². The van der Waals surface area contributed by atoms with Crippen LogP contribution in [0.1, 0.15) is 36.6 Å². The number of rotatable bonds is 5. The smallest absolute Gasteiger partial charge is 0.109 e. The topological polar surface area (TPSA) is 47.7 Å². The Balaban J connectivity index is 1.82. The fourth-order valence-electron chi connectivity index (χ4n) is 3.00. The van der Waals surface area contributed by atoms with Gasteiger partial charge in [0.15, 0.2) is 0 Å². The van der Waals surface area contributed by atoms with E-state index < -0.39 is 0 Å². The van der Waals surface area contributed by atoms with Gasteiger partial charge in [-0.05, 0) is 18.4 Å². The largest absolute Gasteiger partial charge is 0.330 e. The first-order valence-corrected chi connectivity index (χ1v) is 7.90.